The van der Waals surface area contributed by atoms with E-state index < -0.39 is 18.4 Å². The maximum Gasteiger partial charge on any atom is 0.322 e. The van der Waals surface area contributed by atoms with E-state index in [1.54, 1.807) is 18.2 Å². The first-order valence-corrected chi connectivity index (χ1v) is 5.16. The van der Waals surface area contributed by atoms with Crippen molar-refractivity contribution < 1.29 is 19.8 Å². The number of phenols is 1. The van der Waals surface area contributed by atoms with Crippen LogP contribution >= 0.6 is 0 Å². The Balaban J connectivity index is 2.32. The molecule has 92 valence electrons. The van der Waals surface area contributed by atoms with Crippen molar-refractivity contribution in [3.05, 3.63) is 36.0 Å². The van der Waals surface area contributed by atoms with Crippen molar-refractivity contribution >= 4 is 22.8 Å². The number of para-hydroxylation sites is 1. The summed E-state index contributed by atoms with van der Waals surface area (Å²) in [7, 11) is 0. The average Bonchev–Trinajstić information content (AvgIpc) is 2.36. The van der Waals surface area contributed by atoms with Gasteiger partial charge in [0.2, 0.25) is 0 Å². The molecule has 2 aromatic rings. The Hall–Kier alpha value is -2.63. The summed E-state index contributed by atoms with van der Waals surface area (Å²) in [4.78, 5) is 25.9. The highest BCUT2D eigenvalue weighted by molar-refractivity contribution is 5.97. The first-order chi connectivity index (χ1) is 8.58. The van der Waals surface area contributed by atoms with Gasteiger partial charge in [-0.25, -0.2) is 4.98 Å². The molecule has 18 heavy (non-hydrogen) atoms. The van der Waals surface area contributed by atoms with Crippen LogP contribution in [0.2, 0.25) is 0 Å². The van der Waals surface area contributed by atoms with Crippen molar-refractivity contribution in [3.8, 4) is 5.75 Å². The van der Waals surface area contributed by atoms with Gasteiger partial charge >= 0.3 is 5.97 Å². The van der Waals surface area contributed by atoms with Crippen LogP contribution in [0.25, 0.3) is 10.9 Å². The number of carboxylic acids is 1. The molecule has 6 heteroatoms. The molecule has 1 heterocycles. The highest BCUT2D eigenvalue weighted by Gasteiger charge is 2.10. The van der Waals surface area contributed by atoms with Crippen LogP contribution in [0, 0.1) is 0 Å². The van der Waals surface area contributed by atoms with E-state index in [1.807, 2.05) is 0 Å². The molecule has 0 aliphatic heterocycles. The van der Waals surface area contributed by atoms with Crippen LogP contribution in [0.4, 0.5) is 0 Å². The minimum Gasteiger partial charge on any atom is -0.506 e. The lowest BCUT2D eigenvalue weighted by molar-refractivity contribution is -0.135. The molecule has 1 amide bonds. The molecule has 0 spiro atoms. The van der Waals surface area contributed by atoms with Crippen molar-refractivity contribution in [3.63, 3.8) is 0 Å². The van der Waals surface area contributed by atoms with E-state index in [1.165, 1.54) is 12.1 Å². The van der Waals surface area contributed by atoms with Gasteiger partial charge in [0.05, 0.1) is 0 Å². The summed E-state index contributed by atoms with van der Waals surface area (Å²) < 4.78 is 0. The number of hydrogen-bond donors (Lipinski definition) is 3. The van der Waals surface area contributed by atoms with Crippen molar-refractivity contribution in [1.82, 2.24) is 10.3 Å². The summed E-state index contributed by atoms with van der Waals surface area (Å²) in [5.74, 6) is -1.75. The fourth-order valence-electron chi connectivity index (χ4n) is 1.50. The number of aromatic hydroxyl groups is 1. The minimum atomic E-state index is -1.13. The van der Waals surface area contributed by atoms with Gasteiger partial charge in [0.25, 0.3) is 5.91 Å². The molecular weight excluding hydrogens is 236 g/mol. The topological polar surface area (TPSA) is 99.5 Å². The van der Waals surface area contributed by atoms with E-state index in [2.05, 4.69) is 10.3 Å². The number of nitrogens with zero attached hydrogens (tertiary/aromatic N) is 1. The van der Waals surface area contributed by atoms with E-state index in [0.29, 0.717) is 10.9 Å². The Labute approximate surface area is 102 Å². The number of phenolic OH excluding ortho intramolecular Hbond substituents is 1. The summed E-state index contributed by atoms with van der Waals surface area (Å²) >= 11 is 0. The van der Waals surface area contributed by atoms with Crippen LogP contribution in [0.3, 0.4) is 0 Å². The molecule has 0 saturated heterocycles. The number of aromatic nitrogens is 1. The summed E-state index contributed by atoms with van der Waals surface area (Å²) in [5.41, 5.74) is 0.366. The number of fused-ring (bicyclic) bond motifs is 1. The Morgan fingerprint density at radius 2 is 2.00 bits per heavy atom. The SMILES string of the molecule is O=C(O)CNC(=O)c1ccc2cccc(O)c2n1. The third-order valence-corrected chi connectivity index (χ3v) is 2.33. The Kier molecular flexibility index (Phi) is 3.09. The molecule has 1 aromatic carbocycles. The zero-order valence-corrected chi connectivity index (χ0v) is 9.25. The third kappa shape index (κ3) is 2.37. The zero-order valence-electron chi connectivity index (χ0n) is 9.25. The van der Waals surface area contributed by atoms with E-state index in [0.717, 1.165) is 0 Å². The van der Waals surface area contributed by atoms with Crippen LogP contribution < -0.4 is 5.32 Å². The molecule has 0 aliphatic carbocycles. The Bertz CT molecular complexity index is 625. The molecule has 6 nitrogen and oxygen atoms in total. The Morgan fingerprint density at radius 3 is 2.72 bits per heavy atom. The van der Waals surface area contributed by atoms with Gasteiger partial charge in [-0.15, -0.1) is 0 Å². The second kappa shape index (κ2) is 4.70. The molecule has 2 rings (SSSR count). The minimum absolute atomic E-state index is 0.0274. The van der Waals surface area contributed by atoms with Gasteiger partial charge in [0.15, 0.2) is 0 Å². The van der Waals surface area contributed by atoms with Gasteiger partial charge in [-0.05, 0) is 12.1 Å². The fraction of sp³-hybridized carbons (Fsp3) is 0.0833. The van der Waals surface area contributed by atoms with Crippen molar-refractivity contribution in [2.24, 2.45) is 0 Å². The normalized spacial score (nSPS) is 10.2. The van der Waals surface area contributed by atoms with E-state index >= 15 is 0 Å². The molecule has 0 unspecified atom stereocenters. The quantitative estimate of drug-likeness (QED) is 0.742. The maximum atomic E-state index is 11.6. The number of pyridine rings is 1. The van der Waals surface area contributed by atoms with Crippen LogP contribution in [-0.2, 0) is 4.79 Å². The molecule has 0 aliphatic rings. The molecule has 0 fully saturated rings. The summed E-state index contributed by atoms with van der Waals surface area (Å²) in [6.45, 7) is -0.473. The lowest BCUT2D eigenvalue weighted by atomic mass is 10.2. The number of aliphatic carboxylic acids is 1. The number of rotatable bonds is 3. The largest absolute Gasteiger partial charge is 0.506 e. The predicted octanol–water partition coefficient (Wildman–Crippen LogP) is 0.755. The summed E-state index contributed by atoms with van der Waals surface area (Å²) in [6, 6.07) is 8.00. The standard InChI is InChI=1S/C12H10N2O4/c15-9-3-1-2-7-4-5-8(14-11(7)9)12(18)13-6-10(16)17/h1-5,15H,6H2,(H,13,18)(H,16,17). The molecule has 0 saturated carbocycles. The Morgan fingerprint density at radius 1 is 1.22 bits per heavy atom. The second-order valence-electron chi connectivity index (χ2n) is 3.62. The third-order valence-electron chi connectivity index (χ3n) is 2.33. The van der Waals surface area contributed by atoms with Crippen LogP contribution in [0.1, 0.15) is 10.5 Å². The lowest BCUT2D eigenvalue weighted by Gasteiger charge is -2.04. The van der Waals surface area contributed by atoms with Gasteiger partial charge in [0, 0.05) is 5.39 Å². The van der Waals surface area contributed by atoms with Crippen molar-refractivity contribution in [2.75, 3.05) is 6.54 Å². The second-order valence-corrected chi connectivity index (χ2v) is 3.62. The monoisotopic (exact) mass is 246 g/mol. The zero-order chi connectivity index (χ0) is 13.1. The highest BCUT2D eigenvalue weighted by atomic mass is 16.4. The number of carbonyl (C=O) groups excluding carboxylic acids is 1. The van der Waals surface area contributed by atoms with Crippen molar-refractivity contribution in [1.29, 1.82) is 0 Å². The van der Waals surface area contributed by atoms with Gasteiger partial charge < -0.3 is 15.5 Å². The first kappa shape index (κ1) is 11.8. The van der Waals surface area contributed by atoms with E-state index in [-0.39, 0.29) is 11.4 Å². The van der Waals surface area contributed by atoms with Gasteiger partial charge in [-0.3, -0.25) is 9.59 Å². The molecular formula is C12H10N2O4. The number of amides is 1. The van der Waals surface area contributed by atoms with Gasteiger partial charge in [-0.1, -0.05) is 18.2 Å². The molecule has 0 atom stereocenters. The highest BCUT2D eigenvalue weighted by Crippen LogP contribution is 2.22. The average molecular weight is 246 g/mol. The number of nitrogens with one attached hydrogen (secondary N) is 1. The summed E-state index contributed by atoms with van der Waals surface area (Å²) in [6.07, 6.45) is 0. The van der Waals surface area contributed by atoms with Crippen LogP contribution in [-0.4, -0.2) is 33.6 Å². The molecule has 0 radical (unpaired) electrons. The lowest BCUT2D eigenvalue weighted by Crippen LogP contribution is -2.29. The van der Waals surface area contributed by atoms with Crippen LogP contribution in [0.5, 0.6) is 5.75 Å². The molecule has 0 bridgehead atoms. The number of hydrogen-bond acceptors (Lipinski definition) is 4. The number of carboxylic acid groups (broad SMARTS) is 1. The molecule has 3 N–H and O–H groups in total. The number of carbonyl (C=O) groups is 2. The number of benzene rings is 1. The van der Waals surface area contributed by atoms with E-state index in [4.69, 9.17) is 5.11 Å². The smallest absolute Gasteiger partial charge is 0.322 e. The van der Waals surface area contributed by atoms with Gasteiger partial charge in [-0.2, -0.15) is 0 Å². The fourth-order valence-corrected chi connectivity index (χ4v) is 1.50. The van der Waals surface area contributed by atoms with Crippen molar-refractivity contribution in [2.45, 2.75) is 0 Å². The first-order valence-electron chi connectivity index (χ1n) is 5.16. The van der Waals surface area contributed by atoms with Gasteiger partial charge in [0.1, 0.15) is 23.5 Å². The maximum absolute atomic E-state index is 11.6. The summed E-state index contributed by atoms with van der Waals surface area (Å²) in [5, 5.41) is 21.0. The van der Waals surface area contributed by atoms with Crippen LogP contribution in [0.15, 0.2) is 30.3 Å². The predicted molar refractivity (Wildman–Crippen MR) is 63.4 cm³/mol. The van der Waals surface area contributed by atoms with E-state index in [9.17, 15) is 14.7 Å². The molecule has 1 aromatic heterocycles.